The molecule has 0 aliphatic carbocycles. The van der Waals surface area contributed by atoms with Gasteiger partial charge in [0.05, 0.1) is 12.0 Å². The number of carbonyl (C=O) groups is 1. The summed E-state index contributed by atoms with van der Waals surface area (Å²) in [4.78, 5) is 19.5. The van der Waals surface area contributed by atoms with Gasteiger partial charge in [-0.05, 0) is 30.8 Å². The molecule has 1 N–H and O–H groups in total. The Morgan fingerprint density at radius 3 is 2.80 bits per heavy atom. The molecule has 0 aromatic heterocycles. The molecule has 2 atom stereocenters. The second kappa shape index (κ2) is 8.10. The summed E-state index contributed by atoms with van der Waals surface area (Å²) in [7, 11) is 0. The number of amidine groups is 1. The lowest BCUT2D eigenvalue weighted by atomic mass is 9.93. The second-order valence-corrected chi connectivity index (χ2v) is 7.23. The number of amides is 1. The van der Waals surface area contributed by atoms with E-state index in [9.17, 15) is 4.79 Å². The first-order valence-corrected chi connectivity index (χ1v) is 9.74. The van der Waals surface area contributed by atoms with Crippen molar-refractivity contribution in [2.24, 2.45) is 10.9 Å². The van der Waals surface area contributed by atoms with E-state index < -0.39 is 0 Å². The lowest BCUT2D eigenvalue weighted by molar-refractivity contribution is -0.124. The van der Waals surface area contributed by atoms with Gasteiger partial charge in [-0.2, -0.15) is 0 Å². The van der Waals surface area contributed by atoms with Crippen molar-refractivity contribution in [2.45, 2.75) is 26.8 Å². The van der Waals surface area contributed by atoms with Gasteiger partial charge in [-0.15, -0.1) is 0 Å². The quantitative estimate of drug-likeness (QED) is 0.842. The lowest BCUT2D eigenvalue weighted by Gasteiger charge is -2.27. The number of thioether (sulfide) groups is 1. The molecule has 25 heavy (non-hydrogen) atoms. The SMILES string of the molecule is CCN(CC)CCSC1=NC(c2ccc3c(c2)OCO3)C(C)C(=O)N1. The zero-order valence-electron chi connectivity index (χ0n) is 14.9. The van der Waals surface area contributed by atoms with Crippen molar-refractivity contribution in [1.82, 2.24) is 10.2 Å². The van der Waals surface area contributed by atoms with Crippen LogP contribution in [-0.4, -0.2) is 48.2 Å². The molecule has 7 heteroatoms. The predicted molar refractivity (Wildman–Crippen MR) is 100 cm³/mol. The van der Waals surface area contributed by atoms with Crippen molar-refractivity contribution in [1.29, 1.82) is 0 Å². The van der Waals surface area contributed by atoms with Gasteiger partial charge < -0.3 is 19.7 Å². The molecule has 6 nitrogen and oxygen atoms in total. The summed E-state index contributed by atoms with van der Waals surface area (Å²) in [5.41, 5.74) is 0.980. The molecule has 0 bridgehead atoms. The molecule has 3 rings (SSSR count). The Balaban J connectivity index is 1.72. The molecular weight excluding hydrogens is 338 g/mol. The van der Waals surface area contributed by atoms with E-state index in [0.717, 1.165) is 42.4 Å². The van der Waals surface area contributed by atoms with Gasteiger partial charge in [0.1, 0.15) is 0 Å². The fourth-order valence-corrected chi connectivity index (χ4v) is 3.88. The van der Waals surface area contributed by atoms with Crippen molar-refractivity contribution >= 4 is 22.8 Å². The molecule has 2 unspecified atom stereocenters. The summed E-state index contributed by atoms with van der Waals surface area (Å²) >= 11 is 1.61. The Labute approximate surface area is 153 Å². The summed E-state index contributed by atoms with van der Waals surface area (Å²) in [5, 5.41) is 3.63. The second-order valence-electron chi connectivity index (χ2n) is 6.15. The molecule has 0 fully saturated rings. The van der Waals surface area contributed by atoms with Gasteiger partial charge in [0.25, 0.3) is 0 Å². The maximum atomic E-state index is 12.4. The van der Waals surface area contributed by atoms with Crippen LogP contribution < -0.4 is 14.8 Å². The molecule has 0 spiro atoms. The topological polar surface area (TPSA) is 63.2 Å². The maximum absolute atomic E-state index is 12.4. The number of rotatable bonds is 6. The van der Waals surface area contributed by atoms with E-state index in [4.69, 9.17) is 14.5 Å². The van der Waals surface area contributed by atoms with Gasteiger partial charge in [0.2, 0.25) is 12.7 Å². The predicted octanol–water partition coefficient (Wildman–Crippen LogP) is 2.65. The normalized spacial score (nSPS) is 22.1. The van der Waals surface area contributed by atoms with Gasteiger partial charge in [-0.25, -0.2) is 0 Å². The van der Waals surface area contributed by atoms with E-state index in [2.05, 4.69) is 24.1 Å². The number of nitrogens with zero attached hydrogens (tertiary/aromatic N) is 2. The van der Waals surface area contributed by atoms with Gasteiger partial charge >= 0.3 is 0 Å². The number of aliphatic imine (C=N–C) groups is 1. The number of hydrogen-bond acceptors (Lipinski definition) is 6. The van der Waals surface area contributed by atoms with E-state index >= 15 is 0 Å². The van der Waals surface area contributed by atoms with Crippen molar-refractivity contribution < 1.29 is 14.3 Å². The molecule has 2 heterocycles. The minimum absolute atomic E-state index is 0.0167. The average molecular weight is 363 g/mol. The number of benzene rings is 1. The first kappa shape index (κ1) is 18.1. The molecule has 0 saturated carbocycles. The van der Waals surface area contributed by atoms with Crippen LogP contribution in [0, 0.1) is 5.92 Å². The summed E-state index contributed by atoms with van der Waals surface area (Å²) in [6, 6.07) is 5.59. The highest BCUT2D eigenvalue weighted by atomic mass is 32.2. The standard InChI is InChI=1S/C18H25N3O3S/c1-4-21(5-2)8-9-25-18-19-16(12(3)17(22)20-18)13-6-7-14-15(10-13)24-11-23-14/h6-7,10,12,16H,4-5,8-9,11H2,1-3H3,(H,19,20,22). The summed E-state index contributed by atoms with van der Waals surface area (Å²) in [6.45, 7) is 9.52. The Bertz CT molecular complexity index is 661. The van der Waals surface area contributed by atoms with Crippen LogP contribution in [0.2, 0.25) is 0 Å². The first-order valence-electron chi connectivity index (χ1n) is 8.75. The monoisotopic (exact) mass is 363 g/mol. The number of fused-ring (bicyclic) bond motifs is 1. The van der Waals surface area contributed by atoms with Crippen molar-refractivity contribution in [3.8, 4) is 11.5 Å². The fraction of sp³-hybridized carbons (Fsp3) is 0.556. The summed E-state index contributed by atoms with van der Waals surface area (Å²) in [6.07, 6.45) is 0. The van der Waals surface area contributed by atoms with Crippen LogP contribution >= 0.6 is 11.8 Å². The molecule has 1 aromatic carbocycles. The van der Waals surface area contributed by atoms with Crippen LogP contribution in [-0.2, 0) is 4.79 Å². The molecule has 136 valence electrons. The lowest BCUT2D eigenvalue weighted by Crippen LogP contribution is -2.40. The van der Waals surface area contributed by atoms with Crippen LogP contribution in [0.5, 0.6) is 11.5 Å². The first-order chi connectivity index (χ1) is 12.1. The van der Waals surface area contributed by atoms with E-state index in [1.165, 1.54) is 0 Å². The van der Waals surface area contributed by atoms with Crippen LogP contribution in [0.15, 0.2) is 23.2 Å². The summed E-state index contributed by atoms with van der Waals surface area (Å²) < 4.78 is 10.8. The Morgan fingerprint density at radius 2 is 2.04 bits per heavy atom. The van der Waals surface area contributed by atoms with E-state index in [0.29, 0.717) is 5.17 Å². The third-order valence-corrected chi connectivity index (χ3v) is 5.52. The van der Waals surface area contributed by atoms with Crippen molar-refractivity contribution in [3.05, 3.63) is 23.8 Å². The van der Waals surface area contributed by atoms with E-state index in [1.54, 1.807) is 11.8 Å². The van der Waals surface area contributed by atoms with Gasteiger partial charge in [-0.3, -0.25) is 9.79 Å². The Morgan fingerprint density at radius 1 is 1.28 bits per heavy atom. The van der Waals surface area contributed by atoms with Crippen LogP contribution in [0.3, 0.4) is 0 Å². The van der Waals surface area contributed by atoms with Crippen LogP contribution in [0.4, 0.5) is 0 Å². The third kappa shape index (κ3) is 4.10. The minimum Gasteiger partial charge on any atom is -0.454 e. The summed E-state index contributed by atoms with van der Waals surface area (Å²) in [5.74, 6) is 2.18. The van der Waals surface area contributed by atoms with Gasteiger partial charge in [0, 0.05) is 12.3 Å². The van der Waals surface area contributed by atoms with Gasteiger partial charge in [0.15, 0.2) is 16.7 Å². The number of nitrogens with one attached hydrogen (secondary N) is 1. The molecule has 2 aliphatic heterocycles. The largest absolute Gasteiger partial charge is 0.454 e. The zero-order valence-corrected chi connectivity index (χ0v) is 15.8. The highest BCUT2D eigenvalue weighted by molar-refractivity contribution is 8.13. The third-order valence-electron chi connectivity index (χ3n) is 4.65. The van der Waals surface area contributed by atoms with E-state index in [1.807, 2.05) is 25.1 Å². The molecule has 2 aliphatic rings. The fourth-order valence-electron chi connectivity index (χ4n) is 2.98. The number of hydrogen-bond donors (Lipinski definition) is 1. The molecular formula is C18H25N3O3S. The molecule has 0 radical (unpaired) electrons. The van der Waals surface area contributed by atoms with Crippen LogP contribution in [0.25, 0.3) is 0 Å². The minimum atomic E-state index is -0.215. The maximum Gasteiger partial charge on any atom is 0.231 e. The Kier molecular flexibility index (Phi) is 5.86. The molecule has 0 saturated heterocycles. The smallest absolute Gasteiger partial charge is 0.231 e. The van der Waals surface area contributed by atoms with Gasteiger partial charge in [-0.1, -0.05) is 38.6 Å². The number of carbonyl (C=O) groups excluding carboxylic acids is 1. The highest BCUT2D eigenvalue weighted by Gasteiger charge is 2.31. The van der Waals surface area contributed by atoms with E-state index in [-0.39, 0.29) is 24.7 Å². The molecule has 1 aromatic rings. The highest BCUT2D eigenvalue weighted by Crippen LogP contribution is 2.38. The van der Waals surface area contributed by atoms with Crippen molar-refractivity contribution in [2.75, 3.05) is 32.2 Å². The van der Waals surface area contributed by atoms with Crippen molar-refractivity contribution in [3.63, 3.8) is 0 Å². The average Bonchev–Trinajstić information content (AvgIpc) is 3.09. The zero-order chi connectivity index (χ0) is 17.8. The number of ether oxygens (including phenoxy) is 2. The van der Waals surface area contributed by atoms with Crippen LogP contribution in [0.1, 0.15) is 32.4 Å². The Hall–Kier alpha value is -1.73. The molecule has 1 amide bonds.